The zero-order valence-electron chi connectivity index (χ0n) is 18.6. The summed E-state index contributed by atoms with van der Waals surface area (Å²) in [5.41, 5.74) is 1.76. The number of aromatic nitrogens is 3. The van der Waals surface area contributed by atoms with Gasteiger partial charge in [-0.2, -0.15) is 13.2 Å². The van der Waals surface area contributed by atoms with Crippen LogP contribution in [0.3, 0.4) is 0 Å². The van der Waals surface area contributed by atoms with E-state index in [1.54, 1.807) is 23.8 Å². The van der Waals surface area contributed by atoms with Crippen molar-refractivity contribution in [1.82, 2.24) is 14.5 Å². The van der Waals surface area contributed by atoms with Crippen molar-refractivity contribution >= 4 is 49.4 Å². The van der Waals surface area contributed by atoms with Gasteiger partial charge in [0, 0.05) is 32.7 Å². The van der Waals surface area contributed by atoms with Gasteiger partial charge < -0.3 is 19.4 Å². The van der Waals surface area contributed by atoms with Gasteiger partial charge in [0.1, 0.15) is 0 Å². The van der Waals surface area contributed by atoms with Crippen LogP contribution in [-0.2, 0) is 22.7 Å². The number of thiazole rings is 1. The number of aryl methyl sites for hydroxylation is 1. The maximum absolute atomic E-state index is 13.0. The maximum Gasteiger partial charge on any atom is 0.416 e. The summed E-state index contributed by atoms with van der Waals surface area (Å²) in [6, 6.07) is 8.79. The largest absolute Gasteiger partial charge is 0.416 e. The van der Waals surface area contributed by atoms with E-state index >= 15 is 0 Å². The molecule has 2 heterocycles. The first-order valence-corrected chi connectivity index (χ1v) is 11.4. The van der Waals surface area contributed by atoms with Gasteiger partial charge in [-0.3, -0.25) is 4.79 Å². The van der Waals surface area contributed by atoms with Crippen LogP contribution in [-0.4, -0.2) is 47.2 Å². The molecule has 0 radical (unpaired) electrons. The van der Waals surface area contributed by atoms with Crippen molar-refractivity contribution in [3.63, 3.8) is 0 Å². The fraction of sp³-hybridized carbons (Fsp3) is 0.348. The van der Waals surface area contributed by atoms with E-state index in [1.165, 1.54) is 6.07 Å². The summed E-state index contributed by atoms with van der Waals surface area (Å²) >= 11 is 1.12. The summed E-state index contributed by atoms with van der Waals surface area (Å²) in [5, 5.41) is 3.51. The Bertz CT molecular complexity index is 1320. The van der Waals surface area contributed by atoms with Crippen molar-refractivity contribution in [3.8, 4) is 0 Å². The number of hydrogen-bond acceptors (Lipinski definition) is 7. The first kappa shape index (κ1) is 24.1. The number of fused-ring (bicyclic) bond motifs is 2. The van der Waals surface area contributed by atoms with Crippen LogP contribution in [0.1, 0.15) is 28.8 Å². The number of anilines is 2. The number of nitrogens with zero attached hydrogens (tertiary/aromatic N) is 3. The number of methoxy groups -OCH3 is 1. The van der Waals surface area contributed by atoms with E-state index in [-0.39, 0.29) is 5.78 Å². The molecule has 0 fully saturated rings. The molecular weight excluding hydrogens is 469 g/mol. The summed E-state index contributed by atoms with van der Waals surface area (Å²) in [6.45, 7) is 1.51. The van der Waals surface area contributed by atoms with E-state index < -0.39 is 11.7 Å². The van der Waals surface area contributed by atoms with E-state index in [0.717, 1.165) is 29.0 Å². The van der Waals surface area contributed by atoms with E-state index in [4.69, 9.17) is 9.47 Å². The summed E-state index contributed by atoms with van der Waals surface area (Å²) in [4.78, 5) is 21.5. The summed E-state index contributed by atoms with van der Waals surface area (Å²) in [5.74, 6) is 0.477. The van der Waals surface area contributed by atoms with Crippen molar-refractivity contribution in [2.24, 2.45) is 7.05 Å². The normalized spacial score (nSPS) is 12.0. The van der Waals surface area contributed by atoms with Gasteiger partial charge in [0.05, 0.1) is 40.0 Å². The fourth-order valence-electron chi connectivity index (χ4n) is 3.46. The van der Waals surface area contributed by atoms with Gasteiger partial charge in [-0.25, -0.2) is 9.97 Å². The number of carbonyl (C=O) groups is 1. The Morgan fingerprint density at radius 1 is 1.09 bits per heavy atom. The van der Waals surface area contributed by atoms with Crippen LogP contribution < -0.4 is 5.32 Å². The molecule has 1 N–H and O–H groups in total. The van der Waals surface area contributed by atoms with Gasteiger partial charge in [0.25, 0.3) is 0 Å². The molecule has 2 aromatic heterocycles. The first-order valence-electron chi connectivity index (χ1n) is 10.6. The zero-order valence-corrected chi connectivity index (χ0v) is 19.4. The second-order valence-electron chi connectivity index (χ2n) is 7.65. The minimum Gasteiger partial charge on any atom is -0.382 e. The highest BCUT2D eigenvalue weighted by molar-refractivity contribution is 7.22. The second-order valence-corrected chi connectivity index (χ2v) is 8.68. The lowest BCUT2D eigenvalue weighted by Crippen LogP contribution is -2.05. The average molecular weight is 493 g/mol. The topological polar surface area (TPSA) is 78.3 Å². The van der Waals surface area contributed by atoms with Crippen molar-refractivity contribution in [1.29, 1.82) is 0 Å². The van der Waals surface area contributed by atoms with Gasteiger partial charge in [0.2, 0.25) is 5.95 Å². The molecule has 2 aromatic carbocycles. The highest BCUT2D eigenvalue weighted by Gasteiger charge is 2.30. The molecule has 0 saturated carbocycles. The molecular formula is C23H23F3N4O3S. The van der Waals surface area contributed by atoms with Gasteiger partial charge in [0.15, 0.2) is 10.9 Å². The number of alkyl halides is 3. The molecule has 34 heavy (non-hydrogen) atoms. The molecule has 0 unspecified atom stereocenters. The van der Waals surface area contributed by atoms with E-state index in [1.807, 2.05) is 13.1 Å². The molecule has 7 nitrogen and oxygen atoms in total. The molecule has 4 rings (SSSR count). The van der Waals surface area contributed by atoms with Crippen LogP contribution in [0.5, 0.6) is 0 Å². The molecule has 4 aromatic rings. The molecule has 0 bridgehead atoms. The molecule has 180 valence electrons. The number of hydrogen-bond donors (Lipinski definition) is 1. The Balaban J connectivity index is 1.47. The summed E-state index contributed by atoms with van der Waals surface area (Å²) in [6.07, 6.45) is -3.43. The lowest BCUT2D eigenvalue weighted by atomic mass is 10.1. The minimum absolute atomic E-state index is 0.00375. The van der Waals surface area contributed by atoms with Crippen molar-refractivity contribution < 1.29 is 27.4 Å². The third-order valence-corrected chi connectivity index (χ3v) is 6.20. The number of Topliss-reactive ketones (excluding diaryl/α,β-unsaturated/α-hetero) is 1. The number of halogens is 3. The third kappa shape index (κ3) is 5.37. The van der Waals surface area contributed by atoms with Crippen molar-refractivity contribution in [2.45, 2.75) is 19.0 Å². The quantitative estimate of drug-likeness (QED) is 0.230. The number of ketones is 1. The number of benzene rings is 2. The van der Waals surface area contributed by atoms with Gasteiger partial charge in [-0.15, -0.1) is 0 Å². The molecule has 0 spiro atoms. The SMILES string of the molecule is COCCOCCCC(=O)c1ccc2c(c1)nc(Nc1nc3ccc(C(F)(F)F)cc3s1)n2C. The van der Waals surface area contributed by atoms with Gasteiger partial charge >= 0.3 is 6.18 Å². The Morgan fingerprint density at radius 2 is 1.91 bits per heavy atom. The zero-order chi connectivity index (χ0) is 24.3. The Kier molecular flexibility index (Phi) is 7.15. The smallest absolute Gasteiger partial charge is 0.382 e. The fourth-order valence-corrected chi connectivity index (χ4v) is 4.36. The minimum atomic E-state index is -4.41. The maximum atomic E-state index is 13.0. The van der Waals surface area contributed by atoms with Crippen LogP contribution in [0.2, 0.25) is 0 Å². The van der Waals surface area contributed by atoms with E-state index in [2.05, 4.69) is 15.3 Å². The molecule has 0 aliphatic carbocycles. The third-order valence-electron chi connectivity index (χ3n) is 5.26. The monoisotopic (exact) mass is 492 g/mol. The number of nitrogens with one attached hydrogen (secondary N) is 1. The predicted molar refractivity (Wildman–Crippen MR) is 125 cm³/mol. The van der Waals surface area contributed by atoms with Crippen LogP contribution in [0.15, 0.2) is 36.4 Å². The molecule has 0 saturated heterocycles. The molecule has 0 amide bonds. The molecule has 11 heteroatoms. The highest BCUT2D eigenvalue weighted by Crippen LogP contribution is 2.35. The van der Waals surface area contributed by atoms with E-state index in [9.17, 15) is 18.0 Å². The van der Waals surface area contributed by atoms with Crippen LogP contribution in [0.4, 0.5) is 24.3 Å². The Labute approximate surface area is 197 Å². The van der Waals surface area contributed by atoms with Crippen LogP contribution >= 0.6 is 11.3 Å². The summed E-state index contributed by atoms with van der Waals surface area (Å²) < 4.78 is 51.5. The molecule has 0 atom stereocenters. The number of rotatable bonds is 10. The number of ether oxygens (including phenoxy) is 2. The van der Waals surface area contributed by atoms with Gasteiger partial charge in [-0.1, -0.05) is 11.3 Å². The van der Waals surface area contributed by atoms with Gasteiger partial charge in [-0.05, 0) is 42.8 Å². The summed E-state index contributed by atoms with van der Waals surface area (Å²) in [7, 11) is 3.42. The lowest BCUT2D eigenvalue weighted by molar-refractivity contribution is -0.137. The second kappa shape index (κ2) is 10.1. The Hall–Kier alpha value is -3.02. The number of imidazole rings is 1. The Morgan fingerprint density at radius 3 is 2.68 bits per heavy atom. The lowest BCUT2D eigenvalue weighted by Gasteiger charge is -2.04. The molecule has 0 aliphatic heterocycles. The van der Waals surface area contributed by atoms with Crippen LogP contribution in [0, 0.1) is 0 Å². The van der Waals surface area contributed by atoms with E-state index in [0.29, 0.717) is 65.0 Å². The van der Waals surface area contributed by atoms with Crippen molar-refractivity contribution in [2.75, 3.05) is 32.2 Å². The predicted octanol–water partition coefficient (Wildman–Crippen LogP) is 5.57. The first-order chi connectivity index (χ1) is 16.3. The number of carbonyl (C=O) groups excluding carboxylic acids is 1. The highest BCUT2D eigenvalue weighted by atomic mass is 32.1. The van der Waals surface area contributed by atoms with Crippen LogP contribution in [0.25, 0.3) is 21.3 Å². The molecule has 0 aliphatic rings. The average Bonchev–Trinajstić information content (AvgIpc) is 3.34. The van der Waals surface area contributed by atoms with Crippen molar-refractivity contribution in [3.05, 3.63) is 47.5 Å². The standard InChI is InChI=1S/C23H23F3N4O3S/c1-30-18-8-5-14(19(31)4-3-9-33-11-10-32-2)12-17(18)27-21(30)29-22-28-16-7-6-15(23(24,25)26)13-20(16)34-22/h5-8,12-13H,3-4,9-11H2,1-2H3,(H,27,28,29).